The van der Waals surface area contributed by atoms with Crippen molar-refractivity contribution in [1.29, 1.82) is 0 Å². The van der Waals surface area contributed by atoms with E-state index in [1.54, 1.807) is 0 Å². The molecule has 2 aliphatic heterocycles. The van der Waals surface area contributed by atoms with Crippen molar-refractivity contribution < 1.29 is 4.79 Å². The van der Waals surface area contributed by atoms with Crippen LogP contribution < -0.4 is 10.6 Å². The van der Waals surface area contributed by atoms with Crippen LogP contribution in [0.5, 0.6) is 0 Å². The first-order valence-corrected chi connectivity index (χ1v) is 7.96. The number of nitrogens with one attached hydrogen (secondary N) is 2. The highest BCUT2D eigenvalue weighted by molar-refractivity contribution is 5.82. The van der Waals surface area contributed by atoms with Crippen molar-refractivity contribution in [2.45, 2.75) is 58.0 Å². The summed E-state index contributed by atoms with van der Waals surface area (Å²) in [6.07, 6.45) is 5.88. The van der Waals surface area contributed by atoms with Gasteiger partial charge >= 0.3 is 0 Å². The zero-order valence-corrected chi connectivity index (χ0v) is 12.5. The van der Waals surface area contributed by atoms with Crippen LogP contribution in [0.4, 0.5) is 0 Å². The van der Waals surface area contributed by atoms with Gasteiger partial charge in [0.15, 0.2) is 0 Å². The van der Waals surface area contributed by atoms with Gasteiger partial charge in [0.25, 0.3) is 0 Å². The van der Waals surface area contributed by atoms with Crippen LogP contribution in [0, 0.1) is 5.92 Å². The molecule has 0 spiro atoms. The third-order valence-corrected chi connectivity index (χ3v) is 4.63. The molecule has 2 atom stereocenters. The summed E-state index contributed by atoms with van der Waals surface area (Å²) in [5.74, 6) is 0.921. The van der Waals surface area contributed by atoms with Crippen LogP contribution in [0.15, 0.2) is 0 Å². The van der Waals surface area contributed by atoms with E-state index in [4.69, 9.17) is 0 Å². The number of piperidine rings is 2. The van der Waals surface area contributed by atoms with Gasteiger partial charge in [-0.25, -0.2) is 0 Å². The molecule has 2 fully saturated rings. The largest absolute Gasteiger partial charge is 0.355 e. The maximum Gasteiger partial charge on any atom is 0.237 e. The fraction of sp³-hybridized carbons (Fsp3) is 0.933. The lowest BCUT2D eigenvalue weighted by molar-refractivity contribution is -0.124. The second kappa shape index (κ2) is 7.25. The minimum absolute atomic E-state index is 0.0393. The molecule has 0 aromatic rings. The summed E-state index contributed by atoms with van der Waals surface area (Å²) in [4.78, 5) is 14.3. The van der Waals surface area contributed by atoms with Crippen molar-refractivity contribution in [3.8, 4) is 0 Å². The number of carbonyl (C=O) groups is 1. The Kier molecular flexibility index (Phi) is 5.64. The maximum absolute atomic E-state index is 11.8. The van der Waals surface area contributed by atoms with Gasteiger partial charge in [-0.15, -0.1) is 0 Å². The molecule has 0 saturated carbocycles. The van der Waals surface area contributed by atoms with Gasteiger partial charge < -0.3 is 15.5 Å². The Labute approximate surface area is 117 Å². The Bertz CT molecular complexity index is 287. The second-order valence-corrected chi connectivity index (χ2v) is 6.12. The molecule has 2 heterocycles. The molecular formula is C15H29N3O. The minimum atomic E-state index is 0.0393. The molecule has 0 radical (unpaired) electrons. The predicted molar refractivity (Wildman–Crippen MR) is 78.1 cm³/mol. The minimum Gasteiger partial charge on any atom is -0.355 e. The summed E-state index contributed by atoms with van der Waals surface area (Å²) in [6, 6.07) is 0.495. The highest BCUT2D eigenvalue weighted by Gasteiger charge is 2.28. The van der Waals surface area contributed by atoms with Crippen LogP contribution in [-0.2, 0) is 4.79 Å². The highest BCUT2D eigenvalue weighted by atomic mass is 16.2. The maximum atomic E-state index is 11.8. The van der Waals surface area contributed by atoms with Crippen LogP contribution in [0.3, 0.4) is 0 Å². The third-order valence-electron chi connectivity index (χ3n) is 4.63. The summed E-state index contributed by atoms with van der Waals surface area (Å²) >= 11 is 0. The molecule has 2 aliphatic rings. The number of nitrogens with zero attached hydrogens (tertiary/aromatic N) is 1. The first-order valence-electron chi connectivity index (χ1n) is 7.96. The summed E-state index contributed by atoms with van der Waals surface area (Å²) in [7, 11) is 0. The van der Waals surface area contributed by atoms with Crippen molar-refractivity contribution in [2.24, 2.45) is 5.92 Å². The van der Waals surface area contributed by atoms with E-state index in [0.29, 0.717) is 6.04 Å². The lowest BCUT2D eigenvalue weighted by Gasteiger charge is -2.36. The molecule has 0 aromatic heterocycles. The Morgan fingerprint density at radius 3 is 2.74 bits per heavy atom. The quantitative estimate of drug-likeness (QED) is 0.790. The average molecular weight is 267 g/mol. The van der Waals surface area contributed by atoms with Gasteiger partial charge in [0, 0.05) is 12.6 Å². The van der Waals surface area contributed by atoms with Crippen LogP contribution in [0.1, 0.15) is 46.0 Å². The summed E-state index contributed by atoms with van der Waals surface area (Å²) < 4.78 is 0. The molecule has 19 heavy (non-hydrogen) atoms. The van der Waals surface area contributed by atoms with Crippen molar-refractivity contribution in [1.82, 2.24) is 15.5 Å². The van der Waals surface area contributed by atoms with Gasteiger partial charge in [-0.05, 0) is 64.6 Å². The number of amides is 1. The van der Waals surface area contributed by atoms with Gasteiger partial charge in [-0.3, -0.25) is 4.79 Å². The number of rotatable bonds is 5. The first-order chi connectivity index (χ1) is 9.20. The molecule has 0 aliphatic carbocycles. The molecule has 2 unspecified atom stereocenters. The molecule has 2 rings (SSSR count). The lowest BCUT2D eigenvalue weighted by atomic mass is 9.89. The number of hydrogen-bond donors (Lipinski definition) is 2. The second-order valence-electron chi connectivity index (χ2n) is 6.12. The Balaban J connectivity index is 1.74. The van der Waals surface area contributed by atoms with Crippen LogP contribution >= 0.6 is 0 Å². The first kappa shape index (κ1) is 14.8. The van der Waals surface area contributed by atoms with E-state index in [0.717, 1.165) is 25.3 Å². The molecule has 2 saturated heterocycles. The molecule has 4 heteroatoms. The van der Waals surface area contributed by atoms with Gasteiger partial charge in [-0.1, -0.05) is 6.92 Å². The Hall–Kier alpha value is -0.610. The fourth-order valence-electron chi connectivity index (χ4n) is 3.38. The van der Waals surface area contributed by atoms with E-state index in [1.165, 1.54) is 38.9 Å². The van der Waals surface area contributed by atoms with Crippen molar-refractivity contribution in [3.05, 3.63) is 0 Å². The zero-order chi connectivity index (χ0) is 13.7. The van der Waals surface area contributed by atoms with E-state index in [9.17, 15) is 4.79 Å². The number of hydrogen-bond acceptors (Lipinski definition) is 3. The van der Waals surface area contributed by atoms with E-state index in [1.807, 2.05) is 0 Å². The molecule has 0 bridgehead atoms. The van der Waals surface area contributed by atoms with Crippen molar-refractivity contribution >= 4 is 5.91 Å². The molecular weight excluding hydrogens is 238 g/mol. The van der Waals surface area contributed by atoms with E-state index >= 15 is 0 Å². The molecule has 2 N–H and O–H groups in total. The van der Waals surface area contributed by atoms with Crippen LogP contribution in [-0.4, -0.2) is 49.1 Å². The number of carbonyl (C=O) groups excluding carboxylic acids is 1. The molecule has 1 amide bonds. The zero-order valence-electron chi connectivity index (χ0n) is 12.5. The van der Waals surface area contributed by atoms with Crippen LogP contribution in [0.2, 0.25) is 0 Å². The van der Waals surface area contributed by atoms with E-state index < -0.39 is 0 Å². The van der Waals surface area contributed by atoms with Gasteiger partial charge in [0.05, 0.1) is 6.04 Å². The van der Waals surface area contributed by atoms with E-state index in [-0.39, 0.29) is 11.9 Å². The SMILES string of the molecule is CCCN1CCC(C(C)NC2CCCNC2=O)CC1. The van der Waals surface area contributed by atoms with Crippen molar-refractivity contribution in [3.63, 3.8) is 0 Å². The van der Waals surface area contributed by atoms with Gasteiger partial charge in [0.1, 0.15) is 0 Å². The molecule has 0 aromatic carbocycles. The summed E-state index contributed by atoms with van der Waals surface area (Å²) in [6.45, 7) is 9.03. The topological polar surface area (TPSA) is 44.4 Å². The smallest absolute Gasteiger partial charge is 0.237 e. The van der Waals surface area contributed by atoms with Crippen LogP contribution in [0.25, 0.3) is 0 Å². The molecule has 4 nitrogen and oxygen atoms in total. The number of likely N-dealkylation sites (tertiary alicyclic amines) is 1. The average Bonchev–Trinajstić information content (AvgIpc) is 2.42. The highest BCUT2D eigenvalue weighted by Crippen LogP contribution is 2.21. The third kappa shape index (κ3) is 4.18. The normalized spacial score (nSPS) is 28.1. The van der Waals surface area contributed by atoms with Gasteiger partial charge in [0.2, 0.25) is 5.91 Å². The fourth-order valence-corrected chi connectivity index (χ4v) is 3.38. The van der Waals surface area contributed by atoms with Gasteiger partial charge in [-0.2, -0.15) is 0 Å². The lowest BCUT2D eigenvalue weighted by Crippen LogP contribution is -2.53. The van der Waals surface area contributed by atoms with E-state index in [2.05, 4.69) is 29.4 Å². The Morgan fingerprint density at radius 2 is 2.11 bits per heavy atom. The summed E-state index contributed by atoms with van der Waals surface area (Å²) in [5.41, 5.74) is 0. The summed E-state index contributed by atoms with van der Waals surface area (Å²) in [5, 5.41) is 6.51. The monoisotopic (exact) mass is 267 g/mol. The Morgan fingerprint density at radius 1 is 1.37 bits per heavy atom. The standard InChI is InChI=1S/C15H29N3O/c1-3-9-18-10-6-13(7-11-18)12(2)17-14-5-4-8-16-15(14)19/h12-14,17H,3-11H2,1-2H3,(H,16,19). The predicted octanol–water partition coefficient (Wildman–Crippen LogP) is 1.37. The van der Waals surface area contributed by atoms with Crippen molar-refractivity contribution in [2.75, 3.05) is 26.2 Å². The molecule has 110 valence electrons.